The van der Waals surface area contributed by atoms with Gasteiger partial charge in [0, 0.05) is 11.9 Å². The van der Waals surface area contributed by atoms with Gasteiger partial charge in [0.2, 0.25) is 0 Å². The molecule has 1 aromatic heterocycles. The Labute approximate surface area is 101 Å². The molecular formula is C11H17ClN2S. The van der Waals surface area contributed by atoms with Crippen LogP contribution in [0.2, 0.25) is 5.02 Å². The zero-order chi connectivity index (χ0) is 11.3. The highest BCUT2D eigenvalue weighted by atomic mass is 35.5. The van der Waals surface area contributed by atoms with E-state index < -0.39 is 0 Å². The second-order valence-corrected chi connectivity index (χ2v) is 5.83. The highest BCUT2D eigenvalue weighted by molar-refractivity contribution is 7.99. The lowest BCUT2D eigenvalue weighted by Crippen LogP contribution is -2.24. The number of halogens is 1. The zero-order valence-electron chi connectivity index (χ0n) is 9.16. The highest BCUT2D eigenvalue weighted by Gasteiger charge is 2.14. The number of nitrogens with two attached hydrogens (primary N) is 1. The smallest absolute Gasteiger partial charge is 0.0960 e. The molecule has 1 rings (SSSR count). The first-order chi connectivity index (χ1) is 7.03. The van der Waals surface area contributed by atoms with Crippen molar-refractivity contribution in [3.8, 4) is 0 Å². The van der Waals surface area contributed by atoms with Gasteiger partial charge < -0.3 is 5.73 Å². The molecule has 0 aliphatic carbocycles. The summed E-state index contributed by atoms with van der Waals surface area (Å²) < 4.78 is 0. The monoisotopic (exact) mass is 244 g/mol. The van der Waals surface area contributed by atoms with Crippen LogP contribution in [0.1, 0.15) is 20.3 Å². The van der Waals surface area contributed by atoms with Crippen molar-refractivity contribution in [3.63, 3.8) is 0 Å². The molecule has 0 fully saturated rings. The molecule has 0 radical (unpaired) electrons. The normalized spacial score (nSPS) is 11.7. The van der Waals surface area contributed by atoms with Crippen molar-refractivity contribution in [1.82, 2.24) is 4.98 Å². The molecule has 0 amide bonds. The molecule has 84 valence electrons. The summed E-state index contributed by atoms with van der Waals surface area (Å²) >= 11 is 7.50. The Balaban J connectivity index is 2.35. The van der Waals surface area contributed by atoms with Gasteiger partial charge in [0.25, 0.3) is 0 Å². The Hall–Kier alpha value is -0.250. The van der Waals surface area contributed by atoms with Gasteiger partial charge in [0.15, 0.2) is 0 Å². The topological polar surface area (TPSA) is 38.9 Å². The van der Waals surface area contributed by atoms with Crippen LogP contribution in [-0.2, 0) is 0 Å². The first-order valence-corrected chi connectivity index (χ1v) is 6.34. The van der Waals surface area contributed by atoms with E-state index in [-0.39, 0.29) is 5.41 Å². The predicted octanol–water partition coefficient (Wildman–Crippen LogP) is 3.20. The number of hydrogen-bond donors (Lipinski definition) is 1. The fourth-order valence-corrected chi connectivity index (χ4v) is 2.25. The predicted molar refractivity (Wildman–Crippen MR) is 67.4 cm³/mol. The van der Waals surface area contributed by atoms with Gasteiger partial charge in [-0.15, -0.1) is 11.8 Å². The molecule has 0 aromatic carbocycles. The van der Waals surface area contributed by atoms with E-state index in [9.17, 15) is 0 Å². The highest BCUT2D eigenvalue weighted by Crippen LogP contribution is 2.24. The first kappa shape index (κ1) is 12.8. The lowest BCUT2D eigenvalue weighted by molar-refractivity contribution is 0.368. The average molecular weight is 245 g/mol. The minimum atomic E-state index is 0.222. The third-order valence-electron chi connectivity index (χ3n) is 2.28. The van der Waals surface area contributed by atoms with Crippen LogP contribution in [0.5, 0.6) is 0 Å². The van der Waals surface area contributed by atoms with Gasteiger partial charge in [-0.05, 0) is 30.5 Å². The summed E-state index contributed by atoms with van der Waals surface area (Å²) in [6, 6.07) is 3.81. The Kier molecular flexibility index (Phi) is 4.90. The van der Waals surface area contributed by atoms with Gasteiger partial charge in [-0.25, -0.2) is 4.98 Å². The van der Waals surface area contributed by atoms with Crippen LogP contribution in [0.15, 0.2) is 23.4 Å². The van der Waals surface area contributed by atoms with Crippen molar-refractivity contribution in [3.05, 3.63) is 23.4 Å². The minimum absolute atomic E-state index is 0.222. The number of nitrogens with zero attached hydrogens (tertiary/aromatic N) is 1. The summed E-state index contributed by atoms with van der Waals surface area (Å²) in [6.45, 7) is 5.09. The van der Waals surface area contributed by atoms with Gasteiger partial charge in [-0.2, -0.15) is 0 Å². The van der Waals surface area contributed by atoms with Gasteiger partial charge in [-0.1, -0.05) is 25.4 Å². The van der Waals surface area contributed by atoms with Crippen LogP contribution in [0.4, 0.5) is 0 Å². The Bertz CT molecular complexity index is 298. The number of rotatable bonds is 5. The number of pyridine rings is 1. The molecule has 0 unspecified atom stereocenters. The van der Waals surface area contributed by atoms with E-state index >= 15 is 0 Å². The molecule has 0 atom stereocenters. The lowest BCUT2D eigenvalue weighted by atomic mass is 9.91. The Morgan fingerprint density at radius 3 is 2.73 bits per heavy atom. The molecular weight excluding hydrogens is 228 g/mol. The molecule has 0 saturated carbocycles. The molecule has 0 spiro atoms. The van der Waals surface area contributed by atoms with E-state index in [0.717, 1.165) is 23.7 Å². The van der Waals surface area contributed by atoms with Crippen LogP contribution in [0.25, 0.3) is 0 Å². The summed E-state index contributed by atoms with van der Waals surface area (Å²) in [4.78, 5) is 4.22. The molecule has 4 heteroatoms. The zero-order valence-corrected chi connectivity index (χ0v) is 10.7. The van der Waals surface area contributed by atoms with Gasteiger partial charge in [-0.3, -0.25) is 0 Å². The van der Waals surface area contributed by atoms with Crippen LogP contribution in [0.3, 0.4) is 0 Å². The maximum atomic E-state index is 5.75. The molecule has 2 N–H and O–H groups in total. The van der Waals surface area contributed by atoms with E-state index in [1.165, 1.54) is 0 Å². The van der Waals surface area contributed by atoms with E-state index in [2.05, 4.69) is 18.8 Å². The molecule has 0 aliphatic rings. The van der Waals surface area contributed by atoms with Crippen molar-refractivity contribution < 1.29 is 0 Å². The van der Waals surface area contributed by atoms with E-state index in [1.807, 2.05) is 12.1 Å². The third kappa shape index (κ3) is 4.87. The molecule has 15 heavy (non-hydrogen) atoms. The molecule has 1 heterocycles. The minimum Gasteiger partial charge on any atom is -0.330 e. The van der Waals surface area contributed by atoms with Crippen molar-refractivity contribution >= 4 is 23.4 Å². The third-order valence-corrected chi connectivity index (χ3v) is 3.45. The molecule has 0 aliphatic heterocycles. The Morgan fingerprint density at radius 1 is 1.47 bits per heavy atom. The van der Waals surface area contributed by atoms with Crippen molar-refractivity contribution in [2.24, 2.45) is 11.1 Å². The SMILES string of the molecule is CC(C)(CN)CCSc1ccc(Cl)cn1. The van der Waals surface area contributed by atoms with E-state index in [1.54, 1.807) is 18.0 Å². The summed E-state index contributed by atoms with van der Waals surface area (Å²) in [7, 11) is 0. The second-order valence-electron chi connectivity index (χ2n) is 4.28. The number of aromatic nitrogens is 1. The first-order valence-electron chi connectivity index (χ1n) is 4.98. The van der Waals surface area contributed by atoms with Gasteiger partial charge in [0.1, 0.15) is 0 Å². The standard InChI is InChI=1S/C11H17ClN2S/c1-11(2,8-13)5-6-15-10-4-3-9(12)7-14-10/h3-4,7H,5-6,8,13H2,1-2H3. The van der Waals surface area contributed by atoms with Gasteiger partial charge >= 0.3 is 0 Å². The lowest BCUT2D eigenvalue weighted by Gasteiger charge is -2.21. The van der Waals surface area contributed by atoms with E-state index in [0.29, 0.717) is 5.02 Å². The van der Waals surface area contributed by atoms with Crippen molar-refractivity contribution in [1.29, 1.82) is 0 Å². The molecule has 0 bridgehead atoms. The quantitative estimate of drug-likeness (QED) is 0.809. The molecule has 0 saturated heterocycles. The molecule has 2 nitrogen and oxygen atoms in total. The maximum Gasteiger partial charge on any atom is 0.0960 e. The van der Waals surface area contributed by atoms with Crippen LogP contribution in [0, 0.1) is 5.41 Å². The number of thioether (sulfide) groups is 1. The van der Waals surface area contributed by atoms with Crippen LogP contribution < -0.4 is 5.73 Å². The average Bonchev–Trinajstić information content (AvgIpc) is 2.21. The van der Waals surface area contributed by atoms with Crippen molar-refractivity contribution in [2.45, 2.75) is 25.3 Å². The summed E-state index contributed by atoms with van der Waals surface area (Å²) in [5.41, 5.74) is 5.88. The van der Waals surface area contributed by atoms with Crippen molar-refractivity contribution in [2.75, 3.05) is 12.3 Å². The fraction of sp³-hybridized carbons (Fsp3) is 0.545. The summed E-state index contributed by atoms with van der Waals surface area (Å²) in [6.07, 6.45) is 2.77. The molecule has 1 aromatic rings. The number of hydrogen-bond acceptors (Lipinski definition) is 3. The van der Waals surface area contributed by atoms with Crippen LogP contribution in [-0.4, -0.2) is 17.3 Å². The second kappa shape index (κ2) is 5.73. The largest absolute Gasteiger partial charge is 0.330 e. The Morgan fingerprint density at radius 2 is 2.20 bits per heavy atom. The van der Waals surface area contributed by atoms with Gasteiger partial charge in [0.05, 0.1) is 10.0 Å². The van der Waals surface area contributed by atoms with E-state index in [4.69, 9.17) is 17.3 Å². The van der Waals surface area contributed by atoms with Crippen LogP contribution >= 0.6 is 23.4 Å². The summed E-state index contributed by atoms with van der Waals surface area (Å²) in [5, 5.41) is 1.70. The maximum absolute atomic E-state index is 5.75. The fourth-order valence-electron chi connectivity index (χ4n) is 0.982. The summed E-state index contributed by atoms with van der Waals surface area (Å²) in [5.74, 6) is 1.04.